The van der Waals surface area contributed by atoms with Gasteiger partial charge in [-0.1, -0.05) is 47.7 Å². The van der Waals surface area contributed by atoms with Gasteiger partial charge in [-0.3, -0.25) is 19.4 Å². The molecular formula is C34H43N7O5. The predicted octanol–water partition coefficient (Wildman–Crippen LogP) is 2.12. The number of hydrogen-bond acceptors (Lipinski definition) is 9. The summed E-state index contributed by atoms with van der Waals surface area (Å²) in [6.45, 7) is 6.95. The Morgan fingerprint density at radius 2 is 1.67 bits per heavy atom. The van der Waals surface area contributed by atoms with Gasteiger partial charge in [0, 0.05) is 58.8 Å². The molecule has 0 radical (unpaired) electrons. The molecule has 0 saturated carbocycles. The van der Waals surface area contributed by atoms with Crippen molar-refractivity contribution in [3.05, 3.63) is 77.6 Å². The highest BCUT2D eigenvalue weighted by Gasteiger charge is 2.39. The molecule has 3 saturated heterocycles. The van der Waals surface area contributed by atoms with Gasteiger partial charge in [0.05, 0.1) is 55.5 Å². The van der Waals surface area contributed by atoms with Crippen LogP contribution in [0.2, 0.25) is 0 Å². The van der Waals surface area contributed by atoms with Crippen LogP contribution < -0.4 is 10.1 Å². The molecule has 0 unspecified atom stereocenters. The number of para-hydroxylation sites is 1. The summed E-state index contributed by atoms with van der Waals surface area (Å²) in [4.78, 5) is 34.3. The van der Waals surface area contributed by atoms with Crippen molar-refractivity contribution in [2.75, 3.05) is 59.1 Å². The second-order valence-electron chi connectivity index (χ2n) is 12.6. The van der Waals surface area contributed by atoms with E-state index in [1.54, 1.807) is 11.0 Å². The summed E-state index contributed by atoms with van der Waals surface area (Å²) in [5.41, 5.74) is 2.57. The zero-order valence-corrected chi connectivity index (χ0v) is 26.2. The predicted molar refractivity (Wildman–Crippen MR) is 169 cm³/mol. The molecule has 7 rings (SSSR count). The Labute approximate surface area is 269 Å². The fourth-order valence-corrected chi connectivity index (χ4v) is 7.02. The van der Waals surface area contributed by atoms with Crippen molar-refractivity contribution >= 4 is 11.8 Å². The molecule has 4 aliphatic heterocycles. The smallest absolute Gasteiger partial charge is 0.258 e. The second kappa shape index (κ2) is 14.3. The molecule has 1 N–H and O–H groups in total. The van der Waals surface area contributed by atoms with Gasteiger partial charge in [-0.2, -0.15) is 0 Å². The highest BCUT2D eigenvalue weighted by atomic mass is 16.5. The van der Waals surface area contributed by atoms with Crippen LogP contribution in [0.4, 0.5) is 0 Å². The Balaban J connectivity index is 1.12. The van der Waals surface area contributed by atoms with Crippen molar-refractivity contribution in [3.63, 3.8) is 0 Å². The van der Waals surface area contributed by atoms with E-state index in [4.69, 9.17) is 14.2 Å². The SMILES string of the molecule is O=C1NC[C@H]2O[C@H](CCOc3ccccc3C(=O)N3CCN(Cc4ccccc4)C[C@@H]13)CC[C@H]2n1cc(CN2CCOCC2)nn1. The van der Waals surface area contributed by atoms with Gasteiger partial charge >= 0.3 is 0 Å². The van der Waals surface area contributed by atoms with E-state index in [1.807, 2.05) is 47.3 Å². The summed E-state index contributed by atoms with van der Waals surface area (Å²) in [5.74, 6) is 0.172. The number of carbonyl (C=O) groups is 2. The van der Waals surface area contributed by atoms with Gasteiger partial charge in [-0.05, 0) is 30.5 Å². The molecule has 3 aromatic rings. The third-order valence-electron chi connectivity index (χ3n) is 9.54. The fraction of sp³-hybridized carbons (Fsp3) is 0.529. The van der Waals surface area contributed by atoms with Crippen LogP contribution in [0.3, 0.4) is 0 Å². The normalized spacial score (nSPS) is 26.7. The van der Waals surface area contributed by atoms with Crippen LogP contribution in [0.15, 0.2) is 60.8 Å². The zero-order valence-electron chi connectivity index (χ0n) is 26.2. The number of hydrogen-bond donors (Lipinski definition) is 1. The topological polar surface area (TPSA) is 114 Å². The van der Waals surface area contributed by atoms with Gasteiger partial charge in [0.15, 0.2) is 0 Å². The van der Waals surface area contributed by atoms with Gasteiger partial charge in [0.1, 0.15) is 11.8 Å². The summed E-state index contributed by atoms with van der Waals surface area (Å²) in [6, 6.07) is 16.8. The van der Waals surface area contributed by atoms with Crippen molar-refractivity contribution in [1.29, 1.82) is 0 Å². The molecule has 0 spiro atoms. The summed E-state index contributed by atoms with van der Waals surface area (Å²) in [7, 11) is 0. The van der Waals surface area contributed by atoms with E-state index >= 15 is 0 Å². The molecule has 46 heavy (non-hydrogen) atoms. The molecule has 12 nitrogen and oxygen atoms in total. The molecule has 5 heterocycles. The summed E-state index contributed by atoms with van der Waals surface area (Å²) in [6.07, 6.45) is 4.04. The average molecular weight is 630 g/mol. The number of carbonyl (C=O) groups excluding carboxylic acids is 2. The number of nitrogens with one attached hydrogen (secondary N) is 1. The van der Waals surface area contributed by atoms with Crippen LogP contribution in [-0.4, -0.2) is 119 Å². The lowest BCUT2D eigenvalue weighted by Crippen LogP contribution is -2.61. The Morgan fingerprint density at radius 1 is 0.848 bits per heavy atom. The minimum Gasteiger partial charge on any atom is -0.493 e. The van der Waals surface area contributed by atoms with Gasteiger partial charge < -0.3 is 24.4 Å². The lowest BCUT2D eigenvalue weighted by Gasteiger charge is -2.41. The number of aromatic nitrogens is 3. The van der Waals surface area contributed by atoms with Crippen molar-refractivity contribution in [2.45, 2.75) is 56.6 Å². The number of morpholine rings is 1. The van der Waals surface area contributed by atoms with Crippen molar-refractivity contribution in [2.24, 2.45) is 0 Å². The first kappa shape index (κ1) is 30.8. The van der Waals surface area contributed by atoms with Crippen molar-refractivity contribution in [1.82, 2.24) is 35.0 Å². The van der Waals surface area contributed by atoms with Gasteiger partial charge in [-0.25, -0.2) is 4.68 Å². The molecule has 2 aromatic carbocycles. The average Bonchev–Trinajstić information content (AvgIpc) is 3.56. The monoisotopic (exact) mass is 629 g/mol. The zero-order chi connectivity index (χ0) is 31.3. The molecule has 1 aromatic heterocycles. The minimum atomic E-state index is -0.662. The number of piperazine rings is 1. The molecule has 244 valence electrons. The standard InChI is InChI=1S/C34H43N7O5/c42-33-30-24-39(21-25-6-2-1-3-7-25)13-14-40(30)34(43)28-8-4-5-9-31(28)45-17-12-27-10-11-29(32(46-27)20-35-33)41-23-26(36-37-41)22-38-15-18-44-19-16-38/h1-9,23,27,29-30,32H,10-22,24H2,(H,35,42)/t27-,29+,30-,32+/m0/s1. The van der Waals surface area contributed by atoms with Crippen molar-refractivity contribution in [3.8, 4) is 5.75 Å². The summed E-state index contributed by atoms with van der Waals surface area (Å²) < 4.78 is 20.3. The van der Waals surface area contributed by atoms with Crippen LogP contribution in [0, 0.1) is 0 Å². The molecule has 12 heteroatoms. The number of ether oxygens (including phenoxy) is 3. The lowest BCUT2D eigenvalue weighted by atomic mass is 9.96. The van der Waals surface area contributed by atoms with E-state index in [2.05, 4.69) is 37.6 Å². The summed E-state index contributed by atoms with van der Waals surface area (Å²) in [5, 5.41) is 12.2. The van der Waals surface area contributed by atoms with Crippen molar-refractivity contribution < 1.29 is 23.8 Å². The third kappa shape index (κ3) is 7.10. The Kier molecular flexibility index (Phi) is 9.57. The van der Waals surface area contributed by atoms with E-state index in [0.29, 0.717) is 57.1 Å². The number of rotatable bonds is 5. The minimum absolute atomic E-state index is 0.0344. The Morgan fingerprint density at radius 3 is 2.54 bits per heavy atom. The van der Waals surface area contributed by atoms with Gasteiger partial charge in [0.2, 0.25) is 5.91 Å². The molecule has 4 atom stereocenters. The first-order valence-electron chi connectivity index (χ1n) is 16.5. The maximum atomic E-state index is 14.0. The van der Waals surface area contributed by atoms with Crippen LogP contribution in [0.1, 0.15) is 46.9 Å². The van der Waals surface area contributed by atoms with Gasteiger partial charge in [0.25, 0.3) is 5.91 Å². The molecule has 0 aliphatic carbocycles. The first-order chi connectivity index (χ1) is 22.6. The van der Waals surface area contributed by atoms with E-state index < -0.39 is 6.04 Å². The largest absolute Gasteiger partial charge is 0.493 e. The Hall–Kier alpha value is -3.84. The quantitative estimate of drug-likeness (QED) is 0.454. The number of fused-ring (bicyclic) bond motifs is 4. The van der Waals surface area contributed by atoms with Crippen LogP contribution >= 0.6 is 0 Å². The highest BCUT2D eigenvalue weighted by Crippen LogP contribution is 2.31. The second-order valence-corrected chi connectivity index (χ2v) is 12.6. The lowest BCUT2D eigenvalue weighted by molar-refractivity contribution is -0.130. The van der Waals surface area contributed by atoms with Crippen LogP contribution in [0.25, 0.3) is 0 Å². The Bertz CT molecular complexity index is 1480. The molecule has 2 bridgehead atoms. The molecule has 2 amide bonds. The fourth-order valence-electron chi connectivity index (χ4n) is 7.02. The number of benzene rings is 2. The van der Waals surface area contributed by atoms with Crippen LogP contribution in [0.5, 0.6) is 5.75 Å². The van der Waals surface area contributed by atoms with Crippen LogP contribution in [-0.2, 0) is 27.4 Å². The number of nitrogens with zero attached hydrogens (tertiary/aromatic N) is 6. The molecule has 4 aliphatic rings. The van der Waals surface area contributed by atoms with E-state index in [-0.39, 0.29) is 30.1 Å². The highest BCUT2D eigenvalue weighted by molar-refractivity contribution is 6.00. The number of amides is 2. The van der Waals surface area contributed by atoms with Gasteiger partial charge in [-0.15, -0.1) is 5.10 Å². The third-order valence-corrected chi connectivity index (χ3v) is 9.54. The maximum Gasteiger partial charge on any atom is 0.258 e. The van der Waals surface area contributed by atoms with E-state index in [0.717, 1.165) is 51.4 Å². The van der Waals surface area contributed by atoms with E-state index in [1.165, 1.54) is 5.56 Å². The first-order valence-corrected chi connectivity index (χ1v) is 16.5. The van der Waals surface area contributed by atoms with E-state index in [9.17, 15) is 9.59 Å². The maximum absolute atomic E-state index is 14.0. The summed E-state index contributed by atoms with van der Waals surface area (Å²) >= 11 is 0. The molecular weight excluding hydrogens is 586 g/mol. The molecule has 3 fully saturated rings.